The van der Waals surface area contributed by atoms with E-state index in [-0.39, 0.29) is 12.3 Å². The van der Waals surface area contributed by atoms with Crippen molar-refractivity contribution in [3.8, 4) is 11.1 Å². The normalized spacial score (nSPS) is 13.2. The summed E-state index contributed by atoms with van der Waals surface area (Å²) < 4.78 is 16.5. The summed E-state index contributed by atoms with van der Waals surface area (Å²) in [5.41, 5.74) is 4.77. The lowest BCUT2D eigenvalue weighted by molar-refractivity contribution is -0.115. The summed E-state index contributed by atoms with van der Waals surface area (Å²) in [6, 6.07) is 12.8. The molecule has 166 valence electrons. The van der Waals surface area contributed by atoms with Gasteiger partial charge in [-0.15, -0.1) is 0 Å². The molecule has 1 amide bonds. The Morgan fingerprint density at radius 1 is 1.09 bits per heavy atom. The summed E-state index contributed by atoms with van der Waals surface area (Å²) in [7, 11) is 1.86. The molecule has 1 saturated carbocycles. The topological polar surface area (TPSA) is 72.7 Å². The van der Waals surface area contributed by atoms with Gasteiger partial charge in [-0.3, -0.25) is 9.48 Å². The number of nitrogens with zero attached hydrogens (tertiary/aromatic N) is 4. The Morgan fingerprint density at radius 2 is 1.91 bits per heavy atom. The van der Waals surface area contributed by atoms with E-state index in [0.717, 1.165) is 16.8 Å². The summed E-state index contributed by atoms with van der Waals surface area (Å²) in [5, 5.41) is 7.03. The van der Waals surface area contributed by atoms with E-state index in [0.29, 0.717) is 29.3 Å². The molecule has 2 aromatic heterocycles. The zero-order valence-electron chi connectivity index (χ0n) is 18.3. The molecule has 0 atom stereocenters. The van der Waals surface area contributed by atoms with Crippen molar-refractivity contribution >= 4 is 11.6 Å². The number of amides is 1. The van der Waals surface area contributed by atoms with E-state index in [4.69, 9.17) is 0 Å². The summed E-state index contributed by atoms with van der Waals surface area (Å²) in [5.74, 6) is 0.623. The number of nitrogens with one attached hydrogen (secondary N) is 1. The molecule has 0 unspecified atom stereocenters. The highest BCUT2D eigenvalue weighted by atomic mass is 19.1. The first-order chi connectivity index (χ1) is 16.0. The SMILES string of the molecule is Cn1cc(Cc2ncc(-c3ccc(CC(=O)Nc4cccc(C5CC5)c4)c(F)c3)cn2)cn1. The minimum absolute atomic E-state index is 0.0275. The van der Waals surface area contributed by atoms with Gasteiger partial charge in [0, 0.05) is 43.3 Å². The van der Waals surface area contributed by atoms with Crippen LogP contribution >= 0.6 is 0 Å². The average Bonchev–Trinajstić information content (AvgIpc) is 3.58. The van der Waals surface area contributed by atoms with Crippen LogP contribution < -0.4 is 5.32 Å². The predicted molar refractivity (Wildman–Crippen MR) is 124 cm³/mol. The number of hydrogen-bond donors (Lipinski definition) is 1. The lowest BCUT2D eigenvalue weighted by Gasteiger charge is -2.09. The molecule has 0 bridgehead atoms. The van der Waals surface area contributed by atoms with Crippen LogP contribution in [0.2, 0.25) is 0 Å². The van der Waals surface area contributed by atoms with E-state index in [1.807, 2.05) is 31.4 Å². The van der Waals surface area contributed by atoms with Gasteiger partial charge in [-0.25, -0.2) is 14.4 Å². The third-order valence-electron chi connectivity index (χ3n) is 5.78. The second-order valence-corrected chi connectivity index (χ2v) is 8.52. The van der Waals surface area contributed by atoms with Crippen LogP contribution in [0.1, 0.15) is 41.3 Å². The first-order valence-electron chi connectivity index (χ1n) is 11.0. The molecule has 1 fully saturated rings. The zero-order valence-corrected chi connectivity index (χ0v) is 18.3. The van der Waals surface area contributed by atoms with Crippen LogP contribution in [0.5, 0.6) is 0 Å². The highest BCUT2D eigenvalue weighted by molar-refractivity contribution is 5.92. The highest BCUT2D eigenvalue weighted by Crippen LogP contribution is 2.40. The number of aromatic nitrogens is 4. The van der Waals surface area contributed by atoms with E-state index in [9.17, 15) is 9.18 Å². The fraction of sp³-hybridized carbons (Fsp3) is 0.231. The molecule has 0 saturated heterocycles. The molecular formula is C26H24FN5O. The van der Waals surface area contributed by atoms with Crippen molar-refractivity contribution in [3.05, 3.63) is 95.6 Å². The van der Waals surface area contributed by atoms with Gasteiger partial charge in [0.05, 0.1) is 12.6 Å². The maximum Gasteiger partial charge on any atom is 0.228 e. The smallest absolute Gasteiger partial charge is 0.228 e. The van der Waals surface area contributed by atoms with Gasteiger partial charge in [0.2, 0.25) is 5.91 Å². The van der Waals surface area contributed by atoms with Crippen LogP contribution in [-0.4, -0.2) is 25.7 Å². The number of rotatable bonds is 7. The van der Waals surface area contributed by atoms with E-state index in [1.165, 1.54) is 24.5 Å². The van der Waals surface area contributed by atoms with Crippen molar-refractivity contribution in [3.63, 3.8) is 0 Å². The van der Waals surface area contributed by atoms with Crippen molar-refractivity contribution < 1.29 is 9.18 Å². The molecule has 5 rings (SSSR count). The van der Waals surface area contributed by atoms with E-state index in [1.54, 1.807) is 35.4 Å². The molecule has 0 aliphatic heterocycles. The monoisotopic (exact) mass is 441 g/mol. The molecule has 2 heterocycles. The highest BCUT2D eigenvalue weighted by Gasteiger charge is 2.23. The van der Waals surface area contributed by atoms with Gasteiger partial charge >= 0.3 is 0 Å². The molecule has 0 spiro atoms. The van der Waals surface area contributed by atoms with Crippen LogP contribution in [0.25, 0.3) is 11.1 Å². The van der Waals surface area contributed by atoms with Crippen LogP contribution in [0.3, 0.4) is 0 Å². The molecule has 1 aliphatic carbocycles. The van der Waals surface area contributed by atoms with Gasteiger partial charge in [0.1, 0.15) is 11.6 Å². The van der Waals surface area contributed by atoms with E-state index < -0.39 is 5.82 Å². The van der Waals surface area contributed by atoms with Crippen LogP contribution in [0.15, 0.2) is 67.3 Å². The molecule has 4 aromatic rings. The van der Waals surface area contributed by atoms with Crippen molar-refractivity contribution in [1.29, 1.82) is 0 Å². The first kappa shape index (κ1) is 21.0. The van der Waals surface area contributed by atoms with Crippen molar-refractivity contribution in [2.45, 2.75) is 31.6 Å². The number of carbonyl (C=O) groups excluding carboxylic acids is 1. The minimum atomic E-state index is -0.422. The molecule has 2 aromatic carbocycles. The van der Waals surface area contributed by atoms with Crippen molar-refractivity contribution in [1.82, 2.24) is 19.7 Å². The second kappa shape index (κ2) is 8.94. The first-order valence-corrected chi connectivity index (χ1v) is 11.0. The third-order valence-corrected chi connectivity index (χ3v) is 5.78. The second-order valence-electron chi connectivity index (χ2n) is 8.52. The van der Waals surface area contributed by atoms with Crippen molar-refractivity contribution in [2.75, 3.05) is 5.32 Å². The van der Waals surface area contributed by atoms with Gasteiger partial charge in [-0.05, 0) is 59.2 Å². The molecule has 1 N–H and O–H groups in total. The van der Waals surface area contributed by atoms with Gasteiger partial charge in [0.15, 0.2) is 0 Å². The predicted octanol–water partition coefficient (Wildman–Crippen LogP) is 4.67. The molecule has 7 heteroatoms. The van der Waals surface area contributed by atoms with Crippen LogP contribution in [0, 0.1) is 5.82 Å². The Hall–Kier alpha value is -3.87. The average molecular weight is 442 g/mol. The lowest BCUT2D eigenvalue weighted by Crippen LogP contribution is -2.15. The molecule has 0 radical (unpaired) electrons. The molecule has 1 aliphatic rings. The fourth-order valence-electron chi connectivity index (χ4n) is 3.88. The largest absolute Gasteiger partial charge is 0.326 e. The van der Waals surface area contributed by atoms with Gasteiger partial charge in [-0.1, -0.05) is 24.3 Å². The van der Waals surface area contributed by atoms with Gasteiger partial charge in [-0.2, -0.15) is 5.10 Å². The Labute approximate surface area is 191 Å². The summed E-state index contributed by atoms with van der Waals surface area (Å²) >= 11 is 0. The number of benzene rings is 2. The Bertz CT molecular complexity index is 1290. The lowest BCUT2D eigenvalue weighted by atomic mass is 10.0. The fourth-order valence-corrected chi connectivity index (χ4v) is 3.88. The zero-order chi connectivity index (χ0) is 22.8. The third kappa shape index (κ3) is 5.14. The summed E-state index contributed by atoms with van der Waals surface area (Å²) in [6.45, 7) is 0. The van der Waals surface area contributed by atoms with E-state index in [2.05, 4.69) is 26.4 Å². The maximum absolute atomic E-state index is 14.8. The maximum atomic E-state index is 14.8. The Balaban J connectivity index is 1.23. The van der Waals surface area contributed by atoms with Crippen molar-refractivity contribution in [2.24, 2.45) is 7.05 Å². The number of hydrogen-bond acceptors (Lipinski definition) is 4. The summed E-state index contributed by atoms with van der Waals surface area (Å²) in [6.07, 6.45) is 10.0. The number of halogens is 1. The standard InChI is InChI=1S/C26H24FN5O/c1-32-16-17(13-30-32)9-25-28-14-22(15-29-25)20-7-8-21(24(27)11-20)12-26(33)31-23-4-2-3-19(10-23)18-5-6-18/h2-4,7-8,10-11,13-16,18H,5-6,9,12H2,1H3,(H,31,33). The summed E-state index contributed by atoms with van der Waals surface area (Å²) in [4.78, 5) is 21.3. The Kier molecular flexibility index (Phi) is 5.69. The van der Waals surface area contributed by atoms with Gasteiger partial charge in [0.25, 0.3) is 0 Å². The minimum Gasteiger partial charge on any atom is -0.326 e. The number of anilines is 1. The number of carbonyl (C=O) groups is 1. The van der Waals surface area contributed by atoms with Crippen LogP contribution in [-0.2, 0) is 24.7 Å². The van der Waals surface area contributed by atoms with Crippen LogP contribution in [0.4, 0.5) is 10.1 Å². The van der Waals surface area contributed by atoms with Gasteiger partial charge < -0.3 is 5.32 Å². The Morgan fingerprint density at radius 3 is 2.61 bits per heavy atom. The molecule has 6 nitrogen and oxygen atoms in total. The number of aryl methyl sites for hydroxylation is 1. The molecule has 33 heavy (non-hydrogen) atoms. The quantitative estimate of drug-likeness (QED) is 0.453. The van der Waals surface area contributed by atoms with E-state index >= 15 is 0 Å². The molecular weight excluding hydrogens is 417 g/mol.